The lowest BCUT2D eigenvalue weighted by atomic mass is 9.49. The van der Waals surface area contributed by atoms with Crippen molar-refractivity contribution in [3.8, 4) is 5.75 Å². The molecule has 2 saturated carbocycles. The van der Waals surface area contributed by atoms with Gasteiger partial charge in [-0.05, 0) is 38.1 Å². The van der Waals surface area contributed by atoms with Crippen molar-refractivity contribution in [3.63, 3.8) is 0 Å². The van der Waals surface area contributed by atoms with Crippen molar-refractivity contribution in [2.24, 2.45) is 29.4 Å². The maximum atomic E-state index is 14.0. The first-order valence-electron chi connectivity index (χ1n) is 13.4. The van der Waals surface area contributed by atoms with Crippen molar-refractivity contribution in [1.82, 2.24) is 4.90 Å². The number of carbonyl (C=O) groups is 5. The average molecular weight is 561 g/mol. The number of nitrogens with zero attached hydrogens (tertiary/aromatic N) is 1. The lowest BCUT2D eigenvalue weighted by molar-refractivity contribution is -0.196. The second-order valence-corrected chi connectivity index (χ2v) is 11.6. The van der Waals surface area contributed by atoms with Crippen molar-refractivity contribution in [2.75, 3.05) is 14.1 Å². The van der Waals surface area contributed by atoms with Gasteiger partial charge < -0.3 is 21.1 Å². The fourth-order valence-corrected chi connectivity index (χ4v) is 7.00. The Bertz CT molecular complexity index is 1530. The maximum Gasteiger partial charge on any atom is 0.235 e. The van der Waals surface area contributed by atoms with Crippen LogP contribution < -0.4 is 5.73 Å². The number of carbonyl (C=O) groups excluding carboxylic acids is 5. The predicted molar refractivity (Wildman–Crippen MR) is 148 cm³/mol. The molecule has 3 aliphatic rings. The number of aryl methyl sites for hydroxylation is 1. The van der Waals surface area contributed by atoms with E-state index in [0.29, 0.717) is 11.1 Å². The van der Waals surface area contributed by atoms with Crippen molar-refractivity contribution in [1.29, 1.82) is 0 Å². The third-order valence-electron chi connectivity index (χ3n) is 9.05. The van der Waals surface area contributed by atoms with Gasteiger partial charge in [-0.15, -0.1) is 0 Å². The SMILES string of the molecule is Cc1ccc(C=Cc2ccc3c(c2O)C(=O)C2C(=O)[C@]4(O)C(=O)C(C(N)=O)C(=O)[C@@H](N(C)C)[C@@H]4[C@@H](O)[C@@H]2[C@H]3C)cc1. The largest absolute Gasteiger partial charge is 0.507 e. The number of hydrogen-bond acceptors (Lipinski definition) is 9. The van der Waals surface area contributed by atoms with E-state index in [-0.39, 0.29) is 11.3 Å². The van der Waals surface area contributed by atoms with Crippen LogP contribution in [0.25, 0.3) is 12.2 Å². The Kier molecular flexibility index (Phi) is 6.84. The number of amides is 1. The van der Waals surface area contributed by atoms with Gasteiger partial charge in [-0.1, -0.05) is 61.0 Å². The number of fused-ring (bicyclic) bond motifs is 3. The van der Waals surface area contributed by atoms with E-state index < -0.39 is 76.4 Å². The number of hydrogen-bond donors (Lipinski definition) is 4. The molecule has 3 aliphatic carbocycles. The van der Waals surface area contributed by atoms with E-state index in [2.05, 4.69) is 0 Å². The van der Waals surface area contributed by atoms with E-state index in [1.54, 1.807) is 31.2 Å². The molecule has 5 N–H and O–H groups in total. The molecule has 2 aromatic carbocycles. The van der Waals surface area contributed by atoms with E-state index in [4.69, 9.17) is 5.73 Å². The molecule has 0 bridgehead atoms. The molecule has 0 aromatic heterocycles. The monoisotopic (exact) mass is 560 g/mol. The minimum Gasteiger partial charge on any atom is -0.507 e. The van der Waals surface area contributed by atoms with E-state index in [9.17, 15) is 39.3 Å². The maximum absolute atomic E-state index is 14.0. The highest BCUT2D eigenvalue weighted by atomic mass is 16.3. The number of Topliss-reactive ketones (excluding diaryl/α,β-unsaturated/α-hetero) is 4. The van der Waals surface area contributed by atoms with Crippen molar-refractivity contribution < 1.29 is 39.3 Å². The molecule has 0 heterocycles. The van der Waals surface area contributed by atoms with Gasteiger partial charge in [0.05, 0.1) is 29.5 Å². The van der Waals surface area contributed by atoms with Crippen LogP contribution in [0.15, 0.2) is 36.4 Å². The van der Waals surface area contributed by atoms with Gasteiger partial charge >= 0.3 is 0 Å². The summed E-state index contributed by atoms with van der Waals surface area (Å²) in [4.78, 5) is 68.1. The summed E-state index contributed by atoms with van der Waals surface area (Å²) in [6, 6.07) is 9.52. The molecule has 1 amide bonds. The summed E-state index contributed by atoms with van der Waals surface area (Å²) in [5, 5.41) is 34.6. The molecule has 5 rings (SSSR count). The number of benzene rings is 2. The molecule has 214 valence electrons. The molecule has 2 aromatic rings. The predicted octanol–water partition coefficient (Wildman–Crippen LogP) is 0.878. The Labute approximate surface area is 236 Å². The summed E-state index contributed by atoms with van der Waals surface area (Å²) in [7, 11) is 2.91. The van der Waals surface area contributed by atoms with Gasteiger partial charge in [-0.25, -0.2) is 0 Å². The van der Waals surface area contributed by atoms with Gasteiger partial charge in [0.25, 0.3) is 0 Å². The van der Waals surface area contributed by atoms with Gasteiger partial charge in [-0.3, -0.25) is 28.9 Å². The zero-order chi connectivity index (χ0) is 30.1. The number of aliphatic hydroxyl groups excluding tert-OH is 1. The van der Waals surface area contributed by atoms with E-state index in [1.807, 2.05) is 31.2 Å². The highest BCUT2D eigenvalue weighted by molar-refractivity contribution is 6.32. The van der Waals surface area contributed by atoms with E-state index >= 15 is 0 Å². The molecule has 2 fully saturated rings. The first-order chi connectivity index (χ1) is 19.2. The van der Waals surface area contributed by atoms with Crippen LogP contribution in [0.3, 0.4) is 0 Å². The molecule has 2 unspecified atom stereocenters. The van der Waals surface area contributed by atoms with Crippen molar-refractivity contribution in [2.45, 2.75) is 37.5 Å². The number of phenols is 1. The van der Waals surface area contributed by atoms with Gasteiger partial charge in [0, 0.05) is 11.5 Å². The van der Waals surface area contributed by atoms with Crippen LogP contribution >= 0.6 is 0 Å². The van der Waals surface area contributed by atoms with Crippen LogP contribution in [-0.2, 0) is 19.2 Å². The van der Waals surface area contributed by atoms with Gasteiger partial charge in [0.2, 0.25) is 5.91 Å². The third-order valence-corrected chi connectivity index (χ3v) is 9.05. The smallest absolute Gasteiger partial charge is 0.235 e. The number of primary amides is 1. The Balaban J connectivity index is 1.63. The van der Waals surface area contributed by atoms with Crippen LogP contribution in [0.1, 0.15) is 45.5 Å². The van der Waals surface area contributed by atoms with Crippen LogP contribution in [-0.4, -0.2) is 81.1 Å². The summed E-state index contributed by atoms with van der Waals surface area (Å²) in [6.45, 7) is 3.63. The Hall–Kier alpha value is -3.99. The zero-order valence-corrected chi connectivity index (χ0v) is 23.1. The standard InChI is InChI=1S/C31H32N2O8/c1-13-5-7-15(8-6-13)9-10-16-11-12-17-14(2)18-20(25(35)19(17)24(16)34)28(38)31(41)22(26(18)36)23(33(3)4)27(37)21(29(31)39)30(32)40/h5-12,14,18,20-23,26,34,36,41H,1-4H3,(H2,32,40)/t14-,18+,20?,21?,22+,23-,26-,31-/m0/s1. The fourth-order valence-electron chi connectivity index (χ4n) is 7.00. The molecule has 0 radical (unpaired) electrons. The molecule has 0 saturated heterocycles. The zero-order valence-electron chi connectivity index (χ0n) is 23.1. The van der Waals surface area contributed by atoms with Crippen LogP contribution in [0.5, 0.6) is 5.75 Å². The topological polar surface area (TPSA) is 175 Å². The van der Waals surface area contributed by atoms with Crippen LogP contribution in [0.4, 0.5) is 0 Å². The van der Waals surface area contributed by atoms with E-state index in [1.165, 1.54) is 19.0 Å². The summed E-state index contributed by atoms with van der Waals surface area (Å²) >= 11 is 0. The first-order valence-corrected chi connectivity index (χ1v) is 13.4. The number of aliphatic hydroxyl groups is 2. The number of aromatic hydroxyl groups is 1. The fraction of sp³-hybridized carbons (Fsp3) is 0.387. The van der Waals surface area contributed by atoms with Gasteiger partial charge in [-0.2, -0.15) is 0 Å². The Morgan fingerprint density at radius 3 is 2.22 bits per heavy atom. The van der Waals surface area contributed by atoms with Crippen molar-refractivity contribution in [3.05, 3.63) is 64.2 Å². The van der Waals surface area contributed by atoms with Gasteiger partial charge in [0.15, 0.2) is 34.7 Å². The minimum atomic E-state index is -3.02. The van der Waals surface area contributed by atoms with Crippen LogP contribution in [0.2, 0.25) is 0 Å². The molecule has 41 heavy (non-hydrogen) atoms. The lowest BCUT2D eigenvalue weighted by Gasteiger charge is -2.56. The highest BCUT2D eigenvalue weighted by Gasteiger charge is 2.72. The number of phenolic OH excluding ortho intramolecular Hbond substituents is 1. The molecule has 10 heteroatoms. The third kappa shape index (κ3) is 4.00. The molecule has 8 atom stereocenters. The summed E-state index contributed by atoms with van der Waals surface area (Å²) in [6.07, 6.45) is 1.72. The number of nitrogens with two attached hydrogens (primary N) is 1. The summed E-state index contributed by atoms with van der Waals surface area (Å²) in [5.74, 6) is -13.4. The molecular formula is C31H32N2O8. The second kappa shape index (κ2) is 9.83. The minimum absolute atomic E-state index is 0.137. The number of likely N-dealkylation sites (N-methyl/N-ethyl adjacent to an activating group) is 1. The number of ketones is 4. The summed E-state index contributed by atoms with van der Waals surface area (Å²) in [5.41, 5.74) is 4.82. The van der Waals surface area contributed by atoms with Crippen molar-refractivity contribution >= 4 is 41.2 Å². The Morgan fingerprint density at radius 2 is 1.63 bits per heavy atom. The molecule has 0 spiro atoms. The average Bonchev–Trinajstić information content (AvgIpc) is 2.90. The summed E-state index contributed by atoms with van der Waals surface area (Å²) < 4.78 is 0. The van der Waals surface area contributed by atoms with Crippen LogP contribution in [0, 0.1) is 30.6 Å². The normalized spacial score (nSPS) is 33.1. The highest BCUT2D eigenvalue weighted by Crippen LogP contribution is 2.54. The Morgan fingerprint density at radius 1 is 1.00 bits per heavy atom. The molecule has 10 nitrogen and oxygen atoms in total. The van der Waals surface area contributed by atoms with E-state index in [0.717, 1.165) is 11.1 Å². The molecular weight excluding hydrogens is 528 g/mol. The lowest BCUT2D eigenvalue weighted by Crippen LogP contribution is -2.77. The first kappa shape index (κ1) is 28.5. The second-order valence-electron chi connectivity index (χ2n) is 11.6. The van der Waals surface area contributed by atoms with Gasteiger partial charge in [0.1, 0.15) is 5.75 Å². The quantitative estimate of drug-likeness (QED) is 0.312. The molecule has 0 aliphatic heterocycles. The number of rotatable bonds is 4.